The first-order valence-electron chi connectivity index (χ1n) is 19.3. The lowest BCUT2D eigenvalue weighted by molar-refractivity contribution is 0.104. The van der Waals surface area contributed by atoms with Gasteiger partial charge >= 0.3 is 0 Å². The minimum atomic E-state index is -2.12. The molecule has 0 fully saturated rings. The number of ketones is 1. The Morgan fingerprint density at radius 2 is 1.11 bits per heavy atom. The normalized spacial score (nSPS) is 18.5. The van der Waals surface area contributed by atoms with Crippen molar-refractivity contribution in [3.63, 3.8) is 0 Å². The summed E-state index contributed by atoms with van der Waals surface area (Å²) in [4.78, 5) is 15.1. The van der Waals surface area contributed by atoms with Crippen molar-refractivity contribution in [2.45, 2.75) is 31.0 Å². The van der Waals surface area contributed by atoms with Crippen molar-refractivity contribution in [2.24, 2.45) is 0 Å². The smallest absolute Gasteiger partial charge is 0.194 e. The van der Waals surface area contributed by atoms with Crippen molar-refractivity contribution in [1.29, 1.82) is 0 Å². The van der Waals surface area contributed by atoms with E-state index in [1.807, 2.05) is 6.07 Å². The molecule has 54 heavy (non-hydrogen) atoms. The maximum atomic E-state index is 15.1. The minimum absolute atomic E-state index is 0.0969. The summed E-state index contributed by atoms with van der Waals surface area (Å²) < 4.78 is 0. The fourth-order valence-corrected chi connectivity index (χ4v) is 13.8. The molecular weight excluding hydrogens is 669 g/mol. The molecule has 252 valence electrons. The predicted molar refractivity (Wildman–Crippen MR) is 226 cm³/mol. The predicted octanol–water partition coefficient (Wildman–Crippen LogP) is 12.4. The number of carbonyl (C=O) groups excluding carboxylic acids is 1. The summed E-state index contributed by atoms with van der Waals surface area (Å²) in [5.41, 5.74) is 21.0. The number of rotatable bonds is 2. The van der Waals surface area contributed by atoms with Gasteiger partial charge in [0.05, 0.1) is 13.5 Å². The van der Waals surface area contributed by atoms with E-state index in [0.29, 0.717) is 0 Å². The fraction of sp³-hybridized carbons (Fsp3) is 0.0962. The van der Waals surface area contributed by atoms with Gasteiger partial charge in [-0.2, -0.15) is 0 Å². The zero-order valence-corrected chi connectivity index (χ0v) is 31.3. The minimum Gasteiger partial charge on any atom is -0.289 e. The van der Waals surface area contributed by atoms with Gasteiger partial charge in [0.2, 0.25) is 0 Å². The van der Waals surface area contributed by atoms with Gasteiger partial charge in [-0.15, -0.1) is 0 Å². The van der Waals surface area contributed by atoms with E-state index in [0.717, 1.165) is 22.3 Å². The molecule has 2 heteroatoms. The van der Waals surface area contributed by atoms with Gasteiger partial charge in [-0.1, -0.05) is 165 Å². The van der Waals surface area contributed by atoms with E-state index in [9.17, 15) is 0 Å². The maximum absolute atomic E-state index is 15.1. The van der Waals surface area contributed by atoms with Crippen LogP contribution < -0.4 is 5.19 Å². The summed E-state index contributed by atoms with van der Waals surface area (Å²) >= 11 is 0. The molecule has 0 saturated heterocycles. The highest BCUT2D eigenvalue weighted by atomic mass is 28.3. The second-order valence-corrected chi connectivity index (χ2v) is 21.9. The lowest BCUT2D eigenvalue weighted by Gasteiger charge is -2.51. The average molecular weight is 703 g/mol. The lowest BCUT2D eigenvalue weighted by atomic mass is 9.50. The molecular formula is C52H34OSi. The van der Waals surface area contributed by atoms with E-state index in [-0.39, 0.29) is 11.7 Å². The van der Waals surface area contributed by atoms with Gasteiger partial charge in [0.1, 0.15) is 0 Å². The second-order valence-electron chi connectivity index (χ2n) is 16.9. The van der Waals surface area contributed by atoms with Crippen molar-refractivity contribution in [3.8, 4) is 55.6 Å². The lowest BCUT2D eigenvalue weighted by Crippen LogP contribution is -2.43. The average Bonchev–Trinajstić information content (AvgIpc) is 3.70. The molecule has 0 radical (unpaired) electrons. The summed E-state index contributed by atoms with van der Waals surface area (Å²) in [7, 11) is -2.12. The Hall–Kier alpha value is -6.09. The molecule has 1 nitrogen and oxygen atoms in total. The molecule has 6 aliphatic rings. The number of hydrogen-bond acceptors (Lipinski definition) is 1. The van der Waals surface area contributed by atoms with E-state index in [1.54, 1.807) is 0 Å². The Morgan fingerprint density at radius 1 is 0.500 bits per heavy atom. The van der Waals surface area contributed by atoms with Crippen LogP contribution in [-0.4, -0.2) is 13.9 Å². The molecule has 1 spiro atoms. The standard InChI is InChI=1S/C52H34OSi/c1-54(2,3)51-44-31-19-8-7-18-30(31)41-43-34-26-27-52(38-25-12-17-28-16-11-22-32(39(28)38)35-23-13-24-36(34)48(35)52)49(43)40(29-14-5-4-6-15-29)45(46(41)44)42-33-20-9-10-21-37(33)50(53)47(42)51/h4-27,34H,1-3H3/t34-,52-/m1/s1. The van der Waals surface area contributed by atoms with Crippen LogP contribution in [0.25, 0.3) is 77.2 Å². The van der Waals surface area contributed by atoms with Crippen molar-refractivity contribution < 1.29 is 4.79 Å². The molecule has 0 saturated carbocycles. The van der Waals surface area contributed by atoms with Gasteiger partial charge in [-0.25, -0.2) is 0 Å². The molecule has 2 bridgehead atoms. The summed E-state index contributed by atoms with van der Waals surface area (Å²) in [5, 5.41) is 6.52. The third-order valence-electron chi connectivity index (χ3n) is 13.4. The molecule has 8 aromatic rings. The van der Waals surface area contributed by atoms with E-state index < -0.39 is 13.5 Å². The van der Waals surface area contributed by atoms with Crippen molar-refractivity contribution in [3.05, 3.63) is 185 Å². The molecule has 0 heterocycles. The van der Waals surface area contributed by atoms with Crippen molar-refractivity contribution in [1.82, 2.24) is 0 Å². The molecule has 2 atom stereocenters. The van der Waals surface area contributed by atoms with Gasteiger partial charge in [0, 0.05) is 22.6 Å². The summed E-state index contributed by atoms with van der Waals surface area (Å²) in [5.74, 6) is 0.280. The molecule has 8 aromatic carbocycles. The highest BCUT2D eigenvalue weighted by Crippen LogP contribution is 2.68. The van der Waals surface area contributed by atoms with Crippen LogP contribution in [0.15, 0.2) is 146 Å². The van der Waals surface area contributed by atoms with Crippen LogP contribution >= 0.6 is 0 Å². The first-order valence-corrected chi connectivity index (χ1v) is 22.8. The summed E-state index contributed by atoms with van der Waals surface area (Å²) in [6.07, 6.45) is 5.10. The molecule has 0 aromatic heterocycles. The Balaban J connectivity index is 1.37. The first kappa shape index (κ1) is 29.4. The van der Waals surface area contributed by atoms with Crippen LogP contribution in [0, 0.1) is 0 Å². The second kappa shape index (κ2) is 9.52. The monoisotopic (exact) mass is 702 g/mol. The Bertz CT molecular complexity index is 3150. The highest BCUT2D eigenvalue weighted by Gasteiger charge is 2.54. The number of benzene rings is 8. The molecule has 0 N–H and O–H groups in total. The Morgan fingerprint density at radius 3 is 1.87 bits per heavy atom. The van der Waals surface area contributed by atoms with E-state index in [4.69, 9.17) is 0 Å². The van der Waals surface area contributed by atoms with Crippen LogP contribution in [0.3, 0.4) is 0 Å². The van der Waals surface area contributed by atoms with E-state index in [2.05, 4.69) is 159 Å². The fourth-order valence-electron chi connectivity index (χ4n) is 11.8. The van der Waals surface area contributed by atoms with Crippen LogP contribution in [0.5, 0.6) is 0 Å². The topological polar surface area (TPSA) is 17.1 Å². The highest BCUT2D eigenvalue weighted by molar-refractivity contribution is 6.91. The Labute approximate surface area is 315 Å². The van der Waals surface area contributed by atoms with E-state index >= 15 is 4.79 Å². The largest absolute Gasteiger partial charge is 0.289 e. The quantitative estimate of drug-likeness (QED) is 0.129. The van der Waals surface area contributed by atoms with Gasteiger partial charge in [0.15, 0.2) is 5.78 Å². The number of allylic oxidation sites excluding steroid dienone is 2. The Kier molecular flexibility index (Phi) is 5.18. The number of fused-ring (bicyclic) bond motifs is 8. The zero-order valence-electron chi connectivity index (χ0n) is 30.3. The molecule has 14 rings (SSSR count). The molecule has 0 amide bonds. The van der Waals surface area contributed by atoms with Gasteiger partial charge in [-0.05, 0) is 105 Å². The molecule has 0 aliphatic heterocycles. The number of hydrogen-bond donors (Lipinski definition) is 0. The third kappa shape index (κ3) is 3.13. The van der Waals surface area contributed by atoms with Gasteiger partial charge in [0.25, 0.3) is 0 Å². The number of carbonyl (C=O) groups is 1. The van der Waals surface area contributed by atoms with E-state index in [1.165, 1.54) is 99.1 Å². The molecule has 6 aliphatic carbocycles. The first-order chi connectivity index (χ1) is 26.4. The zero-order chi connectivity index (χ0) is 35.8. The molecule has 0 unspecified atom stereocenters. The third-order valence-corrected chi connectivity index (χ3v) is 15.4. The van der Waals surface area contributed by atoms with Crippen molar-refractivity contribution >= 4 is 40.6 Å². The van der Waals surface area contributed by atoms with Gasteiger partial charge in [-0.3, -0.25) is 4.79 Å². The van der Waals surface area contributed by atoms with Gasteiger partial charge < -0.3 is 0 Å². The maximum Gasteiger partial charge on any atom is 0.194 e. The van der Waals surface area contributed by atoms with Crippen molar-refractivity contribution in [2.75, 3.05) is 0 Å². The van der Waals surface area contributed by atoms with Crippen LogP contribution in [0.4, 0.5) is 0 Å². The van der Waals surface area contributed by atoms with Crippen LogP contribution in [0.1, 0.15) is 49.7 Å². The summed E-state index contributed by atoms with van der Waals surface area (Å²) in [6.45, 7) is 7.29. The SMILES string of the molecule is C[Si](C)(C)c1c2c(c3c(-c4ccccc4)c4c(c5c3c1-c1ccccc1-5)[C@@H]1C=C[C@@]43c4c(cccc41)-c1cccc4cccc3c14)-c1ccccc1C2=O. The summed E-state index contributed by atoms with van der Waals surface area (Å²) in [6, 6.07) is 49.5. The van der Waals surface area contributed by atoms with Crippen LogP contribution in [0.2, 0.25) is 19.6 Å². The van der Waals surface area contributed by atoms with Crippen LogP contribution in [-0.2, 0) is 5.41 Å².